The van der Waals surface area contributed by atoms with Crippen molar-refractivity contribution in [2.45, 2.75) is 62.9 Å². The maximum Gasteiger partial charge on any atom is 0.262 e. The van der Waals surface area contributed by atoms with Gasteiger partial charge in [-0.25, -0.2) is 8.42 Å². The molecule has 1 fully saturated rings. The third-order valence-corrected chi connectivity index (χ3v) is 10.6. The topological polar surface area (TPSA) is 95.6 Å². The Hall–Kier alpha value is -2.17. The van der Waals surface area contributed by atoms with Crippen LogP contribution in [0, 0.1) is 5.92 Å². The van der Waals surface area contributed by atoms with Gasteiger partial charge in [0.25, 0.3) is 5.91 Å². The summed E-state index contributed by atoms with van der Waals surface area (Å²) < 4.78 is 29.4. The lowest BCUT2D eigenvalue weighted by molar-refractivity contribution is -0.123. The van der Waals surface area contributed by atoms with E-state index in [4.69, 9.17) is 23.2 Å². The Balaban J connectivity index is 1.40. The second-order valence-corrected chi connectivity index (χ2v) is 14.0. The van der Waals surface area contributed by atoms with Crippen LogP contribution in [0.25, 0.3) is 10.1 Å². The zero-order valence-corrected chi connectivity index (χ0v) is 25.1. The molecule has 0 saturated carbocycles. The van der Waals surface area contributed by atoms with Crippen LogP contribution >= 0.6 is 34.5 Å². The second-order valence-electron chi connectivity index (χ2n) is 10.2. The maximum atomic E-state index is 13.4. The average molecular weight is 611 g/mol. The van der Waals surface area contributed by atoms with Crippen molar-refractivity contribution in [1.29, 1.82) is 0 Å². The zero-order valence-electron chi connectivity index (χ0n) is 22.0. The molecule has 0 spiro atoms. The van der Waals surface area contributed by atoms with Gasteiger partial charge in [-0.2, -0.15) is 4.31 Å². The van der Waals surface area contributed by atoms with Gasteiger partial charge >= 0.3 is 0 Å². The third kappa shape index (κ3) is 7.32. The highest BCUT2D eigenvalue weighted by atomic mass is 35.5. The number of nitrogens with zero attached hydrogens (tertiary/aromatic N) is 1. The largest absolute Gasteiger partial charge is 0.354 e. The second kappa shape index (κ2) is 13.0. The summed E-state index contributed by atoms with van der Waals surface area (Å²) in [5, 5.41) is 7.29. The molecular formula is C28H33Cl2N3O4S2. The van der Waals surface area contributed by atoms with E-state index in [2.05, 4.69) is 10.6 Å². The van der Waals surface area contributed by atoms with Gasteiger partial charge in [0, 0.05) is 28.9 Å². The number of halogens is 2. The fraction of sp³-hybridized carbons (Fsp3) is 0.429. The first-order chi connectivity index (χ1) is 18.6. The van der Waals surface area contributed by atoms with Crippen LogP contribution in [0.3, 0.4) is 0 Å². The van der Waals surface area contributed by atoms with E-state index in [9.17, 15) is 18.0 Å². The molecule has 3 aromatic rings. The van der Waals surface area contributed by atoms with Gasteiger partial charge in [0.15, 0.2) is 0 Å². The molecule has 11 heteroatoms. The fourth-order valence-electron chi connectivity index (χ4n) is 4.90. The number of hydrogen-bond acceptors (Lipinski definition) is 5. The standard InChI is InChI=1S/C28H33Cl2N3O4S2/c1-18(2)15-23(32-28(35)25-16-19-7-3-4-9-24(19)38-25)27(34)31-13-12-21-8-5-6-14-33(21)39(36,37)26-11-10-20(29)17-22(26)30/h3-4,7,9-11,16-18,21,23H,5-6,8,12-15H2,1-2H3,(H,31,34)(H,32,35)/t21?,23-/m0/s1. The van der Waals surface area contributed by atoms with Gasteiger partial charge in [-0.3, -0.25) is 9.59 Å². The monoisotopic (exact) mass is 609 g/mol. The van der Waals surface area contributed by atoms with Crippen molar-refractivity contribution in [2.75, 3.05) is 13.1 Å². The Morgan fingerprint density at radius 1 is 1.10 bits per heavy atom. The molecule has 1 aliphatic heterocycles. The summed E-state index contributed by atoms with van der Waals surface area (Å²) >= 11 is 13.6. The first-order valence-corrected chi connectivity index (χ1v) is 16.1. The fourth-order valence-corrected chi connectivity index (χ4v) is 8.34. The Kier molecular flexibility index (Phi) is 9.93. The first kappa shape index (κ1) is 29.8. The summed E-state index contributed by atoms with van der Waals surface area (Å²) in [5.74, 6) is -0.364. The zero-order chi connectivity index (χ0) is 28.2. The Labute approximate surface area is 243 Å². The van der Waals surface area contributed by atoms with Crippen molar-refractivity contribution in [3.05, 3.63) is 63.5 Å². The minimum absolute atomic E-state index is 0.0328. The number of thiophene rings is 1. The number of sulfonamides is 1. The van der Waals surface area contributed by atoms with Crippen LogP contribution in [0.5, 0.6) is 0 Å². The summed E-state index contributed by atoms with van der Waals surface area (Å²) in [6, 6.07) is 13.0. The van der Waals surface area contributed by atoms with E-state index in [1.165, 1.54) is 33.8 Å². The van der Waals surface area contributed by atoms with E-state index < -0.39 is 16.1 Å². The highest BCUT2D eigenvalue weighted by Crippen LogP contribution is 2.32. The number of fused-ring (bicyclic) bond motifs is 1. The highest BCUT2D eigenvalue weighted by molar-refractivity contribution is 7.89. The Morgan fingerprint density at radius 2 is 1.87 bits per heavy atom. The predicted octanol–water partition coefficient (Wildman–Crippen LogP) is 6.10. The van der Waals surface area contributed by atoms with Crippen molar-refractivity contribution in [2.24, 2.45) is 5.92 Å². The molecule has 2 N–H and O–H groups in total. The number of piperidine rings is 1. The summed E-state index contributed by atoms with van der Waals surface area (Å²) in [6.45, 7) is 4.68. The van der Waals surface area contributed by atoms with Crippen LogP contribution in [-0.4, -0.2) is 49.7 Å². The van der Waals surface area contributed by atoms with Crippen molar-refractivity contribution < 1.29 is 18.0 Å². The number of hydrogen-bond donors (Lipinski definition) is 2. The number of amides is 2. The van der Waals surface area contributed by atoms with E-state index in [1.54, 1.807) is 0 Å². The van der Waals surface area contributed by atoms with Crippen molar-refractivity contribution in [3.63, 3.8) is 0 Å². The van der Waals surface area contributed by atoms with E-state index in [0.29, 0.717) is 35.7 Å². The maximum absolute atomic E-state index is 13.4. The van der Waals surface area contributed by atoms with Crippen molar-refractivity contribution in [1.82, 2.24) is 14.9 Å². The quantitative estimate of drug-likeness (QED) is 0.290. The average Bonchev–Trinajstić information content (AvgIpc) is 3.32. The van der Waals surface area contributed by atoms with Crippen molar-refractivity contribution >= 4 is 66.5 Å². The minimum atomic E-state index is -3.83. The molecule has 1 saturated heterocycles. The smallest absolute Gasteiger partial charge is 0.262 e. The van der Waals surface area contributed by atoms with Gasteiger partial charge in [-0.15, -0.1) is 11.3 Å². The van der Waals surface area contributed by atoms with E-state index in [-0.39, 0.29) is 40.2 Å². The van der Waals surface area contributed by atoms with Crippen LogP contribution in [0.15, 0.2) is 53.4 Å². The Morgan fingerprint density at radius 3 is 2.59 bits per heavy atom. The highest BCUT2D eigenvalue weighted by Gasteiger charge is 2.34. The number of carbonyl (C=O) groups is 2. The minimum Gasteiger partial charge on any atom is -0.354 e. The number of carbonyl (C=O) groups excluding carboxylic acids is 2. The van der Waals surface area contributed by atoms with Gasteiger partial charge in [-0.05, 0) is 67.3 Å². The van der Waals surface area contributed by atoms with E-state index in [1.807, 2.05) is 44.2 Å². The third-order valence-electron chi connectivity index (χ3n) is 6.81. The van der Waals surface area contributed by atoms with Gasteiger partial charge < -0.3 is 10.6 Å². The lowest BCUT2D eigenvalue weighted by Gasteiger charge is -2.35. The number of nitrogens with one attached hydrogen (secondary N) is 2. The lowest BCUT2D eigenvalue weighted by Crippen LogP contribution is -2.49. The molecule has 1 aliphatic rings. The summed E-state index contributed by atoms with van der Waals surface area (Å²) in [4.78, 5) is 26.7. The number of rotatable bonds is 10. The van der Waals surface area contributed by atoms with Crippen LogP contribution in [-0.2, 0) is 14.8 Å². The van der Waals surface area contributed by atoms with Gasteiger partial charge in [0.1, 0.15) is 10.9 Å². The van der Waals surface area contributed by atoms with Crippen molar-refractivity contribution in [3.8, 4) is 0 Å². The molecule has 7 nitrogen and oxygen atoms in total. The first-order valence-electron chi connectivity index (χ1n) is 13.1. The van der Waals surface area contributed by atoms with Gasteiger partial charge in [0.05, 0.1) is 9.90 Å². The molecule has 39 heavy (non-hydrogen) atoms. The van der Waals surface area contributed by atoms with E-state index >= 15 is 0 Å². The molecule has 1 aromatic heterocycles. The van der Waals surface area contributed by atoms with Gasteiger partial charge in [-0.1, -0.05) is 61.7 Å². The molecule has 0 radical (unpaired) electrons. The predicted molar refractivity (Wildman–Crippen MR) is 158 cm³/mol. The normalized spacial score (nSPS) is 17.3. The molecular weight excluding hydrogens is 577 g/mol. The molecule has 2 atom stereocenters. The van der Waals surface area contributed by atoms with Gasteiger partial charge in [0.2, 0.25) is 15.9 Å². The molecule has 0 aliphatic carbocycles. The SMILES string of the molecule is CC(C)C[C@H](NC(=O)c1cc2ccccc2s1)C(=O)NCCC1CCCCN1S(=O)(=O)c1ccc(Cl)cc1Cl. The lowest BCUT2D eigenvalue weighted by atomic mass is 10.0. The van der Waals surface area contributed by atoms with Crippen LogP contribution < -0.4 is 10.6 Å². The molecule has 2 heterocycles. The van der Waals surface area contributed by atoms with Crippen LogP contribution in [0.4, 0.5) is 0 Å². The van der Waals surface area contributed by atoms with Crippen LogP contribution in [0.2, 0.25) is 10.0 Å². The molecule has 4 rings (SSSR count). The summed E-state index contributed by atoms with van der Waals surface area (Å²) in [7, 11) is -3.83. The Bertz CT molecular complexity index is 1410. The summed E-state index contributed by atoms with van der Waals surface area (Å²) in [5.41, 5.74) is 0. The number of benzene rings is 2. The van der Waals surface area contributed by atoms with E-state index in [0.717, 1.165) is 22.9 Å². The molecule has 210 valence electrons. The summed E-state index contributed by atoms with van der Waals surface area (Å²) in [6.07, 6.45) is 3.29. The molecule has 1 unspecified atom stereocenters. The molecule has 2 aromatic carbocycles. The molecule has 0 bridgehead atoms. The van der Waals surface area contributed by atoms with Crippen LogP contribution in [0.1, 0.15) is 55.6 Å². The molecule has 2 amide bonds.